The summed E-state index contributed by atoms with van der Waals surface area (Å²) in [6, 6.07) is 11.3. The summed E-state index contributed by atoms with van der Waals surface area (Å²) in [5.41, 5.74) is 2.67. The first kappa shape index (κ1) is 15.0. The number of hydrogen-bond acceptors (Lipinski definition) is 2. The van der Waals surface area contributed by atoms with Crippen LogP contribution in [0.4, 0.5) is 5.82 Å². The molecule has 3 heteroatoms. The van der Waals surface area contributed by atoms with E-state index in [1.807, 2.05) is 43.3 Å². The molecule has 1 aromatic heterocycles. The van der Waals surface area contributed by atoms with Crippen molar-refractivity contribution in [2.24, 2.45) is 5.92 Å². The van der Waals surface area contributed by atoms with Gasteiger partial charge in [0, 0.05) is 11.8 Å². The third-order valence-electron chi connectivity index (χ3n) is 3.09. The molecule has 0 unspecified atom stereocenters. The van der Waals surface area contributed by atoms with Crippen LogP contribution in [0.2, 0.25) is 0 Å². The van der Waals surface area contributed by atoms with Crippen molar-refractivity contribution in [2.75, 3.05) is 5.32 Å². The Bertz CT molecular complexity index is 643. The van der Waals surface area contributed by atoms with Crippen LogP contribution in [0, 0.1) is 12.8 Å². The lowest BCUT2D eigenvalue weighted by Gasteiger charge is -2.07. The number of aryl methyl sites for hydroxylation is 1. The number of amides is 1. The Morgan fingerprint density at radius 3 is 2.52 bits per heavy atom. The zero-order valence-electron chi connectivity index (χ0n) is 12.6. The summed E-state index contributed by atoms with van der Waals surface area (Å²) < 4.78 is 0. The van der Waals surface area contributed by atoms with E-state index in [0.29, 0.717) is 17.3 Å². The summed E-state index contributed by atoms with van der Waals surface area (Å²) in [5.74, 6) is 0.975. The predicted octanol–water partition coefficient (Wildman–Crippen LogP) is 4.31. The molecule has 0 aliphatic rings. The van der Waals surface area contributed by atoms with Crippen molar-refractivity contribution in [1.82, 2.24) is 4.98 Å². The third kappa shape index (κ3) is 4.28. The summed E-state index contributed by atoms with van der Waals surface area (Å²) in [6.07, 6.45) is 5.87. The second kappa shape index (κ2) is 6.84. The lowest BCUT2D eigenvalue weighted by atomic mass is 10.1. The molecule has 108 valence electrons. The zero-order chi connectivity index (χ0) is 15.2. The Morgan fingerprint density at radius 1 is 1.19 bits per heavy atom. The summed E-state index contributed by atoms with van der Waals surface area (Å²) in [4.78, 5) is 16.3. The standard InChI is InChI=1S/C18H20N2O/c1-13(2)6-7-15-8-10-16(11-9-15)18(21)20-17-14(3)5-4-12-19-17/h4-13H,1-3H3,(H,19,20,21)/b7-6+. The normalized spacial score (nSPS) is 11.0. The second-order valence-corrected chi connectivity index (χ2v) is 5.35. The maximum atomic E-state index is 12.2. The quantitative estimate of drug-likeness (QED) is 0.906. The molecule has 0 aliphatic heterocycles. The van der Waals surface area contributed by atoms with Crippen LogP contribution in [0.5, 0.6) is 0 Å². The van der Waals surface area contributed by atoms with E-state index in [4.69, 9.17) is 0 Å². The fourth-order valence-electron chi connectivity index (χ4n) is 1.85. The molecule has 1 heterocycles. The van der Waals surface area contributed by atoms with Gasteiger partial charge < -0.3 is 5.32 Å². The highest BCUT2D eigenvalue weighted by atomic mass is 16.1. The van der Waals surface area contributed by atoms with Crippen LogP contribution in [0.1, 0.15) is 35.3 Å². The van der Waals surface area contributed by atoms with Gasteiger partial charge in [-0.05, 0) is 42.2 Å². The summed E-state index contributed by atoms with van der Waals surface area (Å²) in [6.45, 7) is 6.18. The van der Waals surface area contributed by atoms with E-state index < -0.39 is 0 Å². The fraction of sp³-hybridized carbons (Fsp3) is 0.222. The van der Waals surface area contributed by atoms with Gasteiger partial charge in [0.15, 0.2) is 0 Å². The smallest absolute Gasteiger partial charge is 0.256 e. The average molecular weight is 280 g/mol. The Balaban J connectivity index is 2.08. The van der Waals surface area contributed by atoms with E-state index in [9.17, 15) is 4.79 Å². The Morgan fingerprint density at radius 2 is 1.90 bits per heavy atom. The van der Waals surface area contributed by atoms with Gasteiger partial charge in [-0.3, -0.25) is 4.79 Å². The second-order valence-electron chi connectivity index (χ2n) is 5.35. The SMILES string of the molecule is Cc1cccnc1NC(=O)c1ccc(/C=C/C(C)C)cc1. The van der Waals surface area contributed by atoms with E-state index in [0.717, 1.165) is 11.1 Å². The van der Waals surface area contributed by atoms with Crippen molar-refractivity contribution in [3.63, 3.8) is 0 Å². The lowest BCUT2D eigenvalue weighted by Crippen LogP contribution is -2.13. The van der Waals surface area contributed by atoms with Gasteiger partial charge in [-0.15, -0.1) is 0 Å². The van der Waals surface area contributed by atoms with Gasteiger partial charge in [-0.1, -0.05) is 44.2 Å². The first-order valence-corrected chi connectivity index (χ1v) is 7.07. The number of aromatic nitrogens is 1. The first-order chi connectivity index (χ1) is 10.1. The topological polar surface area (TPSA) is 42.0 Å². The van der Waals surface area contributed by atoms with E-state index in [-0.39, 0.29) is 5.91 Å². The van der Waals surface area contributed by atoms with Crippen molar-refractivity contribution in [3.8, 4) is 0 Å². The van der Waals surface area contributed by atoms with Crippen molar-refractivity contribution in [1.29, 1.82) is 0 Å². The number of anilines is 1. The van der Waals surface area contributed by atoms with Gasteiger partial charge in [-0.2, -0.15) is 0 Å². The molecular formula is C18H20N2O. The van der Waals surface area contributed by atoms with E-state index in [2.05, 4.69) is 36.3 Å². The zero-order valence-corrected chi connectivity index (χ0v) is 12.6. The molecule has 0 aliphatic carbocycles. The molecule has 3 nitrogen and oxygen atoms in total. The third-order valence-corrected chi connectivity index (χ3v) is 3.09. The van der Waals surface area contributed by atoms with Crippen molar-refractivity contribution in [2.45, 2.75) is 20.8 Å². The number of nitrogens with zero attached hydrogens (tertiary/aromatic N) is 1. The van der Waals surface area contributed by atoms with Gasteiger partial charge >= 0.3 is 0 Å². The highest BCUT2D eigenvalue weighted by molar-refractivity contribution is 6.04. The minimum atomic E-state index is -0.142. The highest BCUT2D eigenvalue weighted by Gasteiger charge is 2.07. The largest absolute Gasteiger partial charge is 0.306 e. The van der Waals surface area contributed by atoms with Gasteiger partial charge in [0.05, 0.1) is 0 Å². The van der Waals surface area contributed by atoms with Crippen LogP contribution in [-0.4, -0.2) is 10.9 Å². The maximum Gasteiger partial charge on any atom is 0.256 e. The lowest BCUT2D eigenvalue weighted by molar-refractivity contribution is 0.102. The Kier molecular flexibility index (Phi) is 4.88. The number of pyridine rings is 1. The van der Waals surface area contributed by atoms with E-state index in [1.54, 1.807) is 6.20 Å². The van der Waals surface area contributed by atoms with Gasteiger partial charge in [0.1, 0.15) is 5.82 Å². The van der Waals surface area contributed by atoms with Crippen molar-refractivity contribution in [3.05, 3.63) is 65.4 Å². The minimum Gasteiger partial charge on any atom is -0.306 e. The summed E-state index contributed by atoms with van der Waals surface area (Å²) in [7, 11) is 0. The molecule has 0 fully saturated rings. The predicted molar refractivity (Wildman–Crippen MR) is 87.2 cm³/mol. The molecule has 2 aromatic rings. The molecule has 21 heavy (non-hydrogen) atoms. The molecule has 0 saturated carbocycles. The maximum absolute atomic E-state index is 12.2. The molecule has 2 rings (SSSR count). The number of hydrogen-bond donors (Lipinski definition) is 1. The van der Waals surface area contributed by atoms with Crippen LogP contribution >= 0.6 is 0 Å². The van der Waals surface area contributed by atoms with Crippen LogP contribution in [0.15, 0.2) is 48.7 Å². The monoisotopic (exact) mass is 280 g/mol. The van der Waals surface area contributed by atoms with Gasteiger partial charge in [-0.25, -0.2) is 4.98 Å². The molecule has 0 bridgehead atoms. The number of benzene rings is 1. The van der Waals surface area contributed by atoms with Crippen LogP contribution < -0.4 is 5.32 Å². The average Bonchev–Trinajstić information content (AvgIpc) is 2.48. The molecule has 1 amide bonds. The molecule has 0 spiro atoms. The summed E-state index contributed by atoms with van der Waals surface area (Å²) >= 11 is 0. The Labute approximate surface area is 125 Å². The number of rotatable bonds is 4. The molecule has 0 atom stereocenters. The number of allylic oxidation sites excluding steroid dienone is 1. The first-order valence-electron chi connectivity index (χ1n) is 7.07. The molecular weight excluding hydrogens is 260 g/mol. The van der Waals surface area contributed by atoms with Gasteiger partial charge in [0.2, 0.25) is 0 Å². The van der Waals surface area contributed by atoms with E-state index >= 15 is 0 Å². The minimum absolute atomic E-state index is 0.142. The number of carbonyl (C=O) groups excluding carboxylic acids is 1. The van der Waals surface area contributed by atoms with Gasteiger partial charge in [0.25, 0.3) is 5.91 Å². The molecule has 0 saturated heterocycles. The van der Waals surface area contributed by atoms with Crippen LogP contribution in [0.25, 0.3) is 6.08 Å². The van der Waals surface area contributed by atoms with Crippen LogP contribution in [-0.2, 0) is 0 Å². The highest BCUT2D eigenvalue weighted by Crippen LogP contribution is 2.13. The van der Waals surface area contributed by atoms with Crippen LogP contribution in [0.3, 0.4) is 0 Å². The molecule has 0 radical (unpaired) electrons. The molecule has 1 aromatic carbocycles. The fourth-order valence-corrected chi connectivity index (χ4v) is 1.85. The number of nitrogens with one attached hydrogen (secondary N) is 1. The van der Waals surface area contributed by atoms with E-state index in [1.165, 1.54) is 0 Å². The van der Waals surface area contributed by atoms with Crippen molar-refractivity contribution >= 4 is 17.8 Å². The van der Waals surface area contributed by atoms with Crippen molar-refractivity contribution < 1.29 is 4.79 Å². The number of carbonyl (C=O) groups is 1. The Hall–Kier alpha value is -2.42. The summed E-state index contributed by atoms with van der Waals surface area (Å²) in [5, 5.41) is 2.83. The molecule has 1 N–H and O–H groups in total.